The van der Waals surface area contributed by atoms with Crippen LogP contribution in [0.5, 0.6) is 11.5 Å². The highest BCUT2D eigenvalue weighted by molar-refractivity contribution is 6.31. The molecule has 1 aromatic heterocycles. The SMILES string of the molecule is CC(C)CNCc1ccc(Cl)cc1Oc1cncc(Cl)c1. The molecule has 0 atom stereocenters. The summed E-state index contributed by atoms with van der Waals surface area (Å²) in [4.78, 5) is 4.01. The highest BCUT2D eigenvalue weighted by Gasteiger charge is 2.07. The third kappa shape index (κ3) is 5.20. The molecule has 112 valence electrons. The Hall–Kier alpha value is -1.29. The topological polar surface area (TPSA) is 34.1 Å². The van der Waals surface area contributed by atoms with Crippen LogP contribution in [-0.4, -0.2) is 11.5 Å². The Balaban J connectivity index is 2.15. The van der Waals surface area contributed by atoms with Crippen LogP contribution in [0.2, 0.25) is 10.0 Å². The fourth-order valence-electron chi connectivity index (χ4n) is 1.84. The monoisotopic (exact) mass is 324 g/mol. The molecule has 0 aliphatic rings. The summed E-state index contributed by atoms with van der Waals surface area (Å²) in [5.74, 6) is 1.90. The average molecular weight is 325 g/mol. The van der Waals surface area contributed by atoms with Crippen molar-refractivity contribution in [3.63, 3.8) is 0 Å². The highest BCUT2D eigenvalue weighted by Crippen LogP contribution is 2.29. The van der Waals surface area contributed by atoms with Gasteiger partial charge in [-0.15, -0.1) is 0 Å². The molecule has 0 aliphatic heterocycles. The molecule has 0 unspecified atom stereocenters. The van der Waals surface area contributed by atoms with Gasteiger partial charge < -0.3 is 10.1 Å². The summed E-state index contributed by atoms with van der Waals surface area (Å²) in [7, 11) is 0. The van der Waals surface area contributed by atoms with E-state index in [-0.39, 0.29) is 0 Å². The van der Waals surface area contributed by atoms with Gasteiger partial charge in [-0.1, -0.05) is 43.1 Å². The molecule has 0 saturated heterocycles. The van der Waals surface area contributed by atoms with Crippen LogP contribution in [-0.2, 0) is 6.54 Å². The van der Waals surface area contributed by atoms with Crippen LogP contribution >= 0.6 is 23.2 Å². The molecule has 0 aliphatic carbocycles. The van der Waals surface area contributed by atoms with Crippen molar-refractivity contribution in [3.8, 4) is 11.5 Å². The first-order chi connectivity index (χ1) is 10.0. The van der Waals surface area contributed by atoms with E-state index in [9.17, 15) is 0 Å². The molecule has 1 aromatic carbocycles. The second-order valence-electron chi connectivity index (χ2n) is 5.22. The minimum absolute atomic E-state index is 0.536. The number of hydrogen-bond acceptors (Lipinski definition) is 3. The van der Waals surface area contributed by atoms with Crippen molar-refractivity contribution in [1.29, 1.82) is 0 Å². The molecule has 21 heavy (non-hydrogen) atoms. The van der Waals surface area contributed by atoms with Crippen molar-refractivity contribution >= 4 is 23.2 Å². The Morgan fingerprint density at radius 3 is 2.67 bits per heavy atom. The Morgan fingerprint density at radius 2 is 1.95 bits per heavy atom. The van der Waals surface area contributed by atoms with Crippen molar-refractivity contribution in [2.75, 3.05) is 6.54 Å². The Bertz CT molecular complexity index is 603. The van der Waals surface area contributed by atoms with Crippen molar-refractivity contribution in [2.24, 2.45) is 5.92 Å². The van der Waals surface area contributed by atoms with E-state index in [1.807, 2.05) is 12.1 Å². The van der Waals surface area contributed by atoms with Crippen molar-refractivity contribution in [1.82, 2.24) is 10.3 Å². The Labute approximate surface area is 135 Å². The van der Waals surface area contributed by atoms with Gasteiger partial charge in [0.05, 0.1) is 11.2 Å². The van der Waals surface area contributed by atoms with Gasteiger partial charge in [0, 0.05) is 29.4 Å². The van der Waals surface area contributed by atoms with Crippen LogP contribution in [0, 0.1) is 5.92 Å². The number of rotatable bonds is 6. The lowest BCUT2D eigenvalue weighted by molar-refractivity contribution is 0.467. The van der Waals surface area contributed by atoms with Crippen LogP contribution in [0.3, 0.4) is 0 Å². The predicted octanol–water partition coefficient (Wildman–Crippen LogP) is 4.93. The second-order valence-corrected chi connectivity index (χ2v) is 6.09. The Kier molecular flexibility index (Phi) is 5.85. The zero-order chi connectivity index (χ0) is 15.2. The summed E-state index contributed by atoms with van der Waals surface area (Å²) in [6, 6.07) is 7.34. The average Bonchev–Trinajstić information content (AvgIpc) is 2.41. The molecule has 0 saturated carbocycles. The molecule has 1 N–H and O–H groups in total. The normalized spacial score (nSPS) is 10.9. The van der Waals surface area contributed by atoms with E-state index in [0.717, 1.165) is 18.7 Å². The van der Waals surface area contributed by atoms with Gasteiger partial charge in [-0.3, -0.25) is 4.98 Å². The number of halogens is 2. The van der Waals surface area contributed by atoms with Crippen LogP contribution < -0.4 is 10.1 Å². The van der Waals surface area contributed by atoms with E-state index >= 15 is 0 Å². The first-order valence-electron chi connectivity index (χ1n) is 6.82. The molecule has 5 heteroatoms. The largest absolute Gasteiger partial charge is 0.455 e. The summed E-state index contributed by atoms with van der Waals surface area (Å²) in [5.41, 5.74) is 1.04. The number of ether oxygens (including phenoxy) is 1. The lowest BCUT2D eigenvalue weighted by Gasteiger charge is -2.13. The van der Waals surface area contributed by atoms with Crippen LogP contribution in [0.25, 0.3) is 0 Å². The van der Waals surface area contributed by atoms with Crippen molar-refractivity contribution < 1.29 is 4.74 Å². The molecule has 1 heterocycles. The molecular weight excluding hydrogens is 307 g/mol. The van der Waals surface area contributed by atoms with Crippen LogP contribution in [0.4, 0.5) is 0 Å². The summed E-state index contributed by atoms with van der Waals surface area (Å²) >= 11 is 12.0. The van der Waals surface area contributed by atoms with Crippen molar-refractivity contribution in [2.45, 2.75) is 20.4 Å². The molecular formula is C16H18Cl2N2O. The van der Waals surface area contributed by atoms with E-state index in [0.29, 0.717) is 27.5 Å². The van der Waals surface area contributed by atoms with Gasteiger partial charge >= 0.3 is 0 Å². The van der Waals surface area contributed by atoms with E-state index in [4.69, 9.17) is 27.9 Å². The Morgan fingerprint density at radius 1 is 1.14 bits per heavy atom. The van der Waals surface area contributed by atoms with E-state index in [1.54, 1.807) is 24.5 Å². The fraction of sp³-hybridized carbons (Fsp3) is 0.312. The van der Waals surface area contributed by atoms with Gasteiger partial charge in [0.2, 0.25) is 0 Å². The summed E-state index contributed by atoms with van der Waals surface area (Å²) in [5, 5.41) is 4.56. The zero-order valence-corrected chi connectivity index (χ0v) is 13.6. The number of hydrogen-bond donors (Lipinski definition) is 1. The van der Waals surface area contributed by atoms with Crippen LogP contribution in [0.1, 0.15) is 19.4 Å². The number of nitrogens with zero attached hydrogens (tertiary/aromatic N) is 1. The molecule has 0 spiro atoms. The minimum Gasteiger partial charge on any atom is -0.455 e. The molecule has 0 fully saturated rings. The van der Waals surface area contributed by atoms with E-state index in [1.165, 1.54) is 0 Å². The fourth-order valence-corrected chi connectivity index (χ4v) is 2.17. The molecule has 0 bridgehead atoms. The maximum atomic E-state index is 6.06. The number of aromatic nitrogens is 1. The minimum atomic E-state index is 0.536. The van der Waals surface area contributed by atoms with E-state index < -0.39 is 0 Å². The maximum absolute atomic E-state index is 6.06. The molecule has 2 aromatic rings. The number of nitrogens with one attached hydrogen (secondary N) is 1. The third-order valence-electron chi connectivity index (χ3n) is 2.80. The molecule has 0 radical (unpaired) electrons. The standard InChI is InChI=1S/C16H18Cl2N2O/c1-11(2)7-19-8-12-3-4-13(17)6-16(12)21-15-5-14(18)9-20-10-15/h3-6,9-11,19H,7-8H2,1-2H3. The molecule has 3 nitrogen and oxygen atoms in total. The maximum Gasteiger partial charge on any atom is 0.147 e. The van der Waals surface area contributed by atoms with Gasteiger partial charge in [-0.05, 0) is 24.6 Å². The lowest BCUT2D eigenvalue weighted by Crippen LogP contribution is -2.19. The lowest BCUT2D eigenvalue weighted by atomic mass is 10.2. The third-order valence-corrected chi connectivity index (χ3v) is 3.25. The van der Waals surface area contributed by atoms with Gasteiger partial charge in [0.25, 0.3) is 0 Å². The summed E-state index contributed by atoms with van der Waals surface area (Å²) in [6.45, 7) is 6.01. The van der Waals surface area contributed by atoms with Crippen LogP contribution in [0.15, 0.2) is 36.7 Å². The second kappa shape index (κ2) is 7.64. The number of pyridine rings is 1. The first kappa shape index (κ1) is 16.1. The smallest absolute Gasteiger partial charge is 0.147 e. The van der Waals surface area contributed by atoms with Gasteiger partial charge in [0.1, 0.15) is 11.5 Å². The van der Waals surface area contributed by atoms with Gasteiger partial charge in [-0.2, -0.15) is 0 Å². The first-order valence-corrected chi connectivity index (χ1v) is 7.57. The van der Waals surface area contributed by atoms with Crippen molar-refractivity contribution in [3.05, 3.63) is 52.3 Å². The highest BCUT2D eigenvalue weighted by atomic mass is 35.5. The zero-order valence-electron chi connectivity index (χ0n) is 12.1. The van der Waals surface area contributed by atoms with E-state index in [2.05, 4.69) is 24.1 Å². The summed E-state index contributed by atoms with van der Waals surface area (Å²) in [6.07, 6.45) is 3.19. The molecule has 0 amide bonds. The summed E-state index contributed by atoms with van der Waals surface area (Å²) < 4.78 is 5.86. The number of benzene rings is 1. The quantitative estimate of drug-likeness (QED) is 0.818. The molecule has 2 rings (SSSR count). The van der Waals surface area contributed by atoms with Gasteiger partial charge in [0.15, 0.2) is 0 Å². The predicted molar refractivity (Wildman–Crippen MR) is 87.3 cm³/mol. The van der Waals surface area contributed by atoms with Gasteiger partial charge in [-0.25, -0.2) is 0 Å².